The molecule has 1 atom stereocenters. The Morgan fingerprint density at radius 3 is 2.64 bits per heavy atom. The van der Waals surface area contributed by atoms with E-state index in [2.05, 4.69) is 15.3 Å². The van der Waals surface area contributed by atoms with Gasteiger partial charge < -0.3 is 15.0 Å². The third kappa shape index (κ3) is 5.19. The summed E-state index contributed by atoms with van der Waals surface area (Å²) in [7, 11) is 0. The number of amides is 1. The molecule has 2 aromatic heterocycles. The molecule has 4 rings (SSSR count). The predicted octanol–water partition coefficient (Wildman–Crippen LogP) is 4.00. The van der Waals surface area contributed by atoms with Crippen molar-refractivity contribution in [2.75, 3.05) is 0 Å². The summed E-state index contributed by atoms with van der Waals surface area (Å²) >= 11 is 0. The fourth-order valence-corrected chi connectivity index (χ4v) is 4.06. The smallest absolute Gasteiger partial charge is 0.261 e. The zero-order chi connectivity index (χ0) is 23.6. The molecule has 2 heterocycles. The Hall–Kier alpha value is -3.74. The van der Waals surface area contributed by atoms with Crippen LogP contribution in [0.15, 0.2) is 59.7 Å². The minimum absolute atomic E-state index is 0.0509. The predicted molar refractivity (Wildman–Crippen MR) is 124 cm³/mol. The molecule has 33 heavy (non-hydrogen) atoms. The Balaban J connectivity index is 1.43. The van der Waals surface area contributed by atoms with E-state index in [1.54, 1.807) is 12.4 Å². The molecule has 0 radical (unpaired) electrons. The lowest BCUT2D eigenvalue weighted by atomic mass is 9.75. The number of rotatable bonds is 6. The van der Waals surface area contributed by atoms with Crippen LogP contribution in [0, 0.1) is 5.41 Å². The van der Waals surface area contributed by atoms with Crippen LogP contribution >= 0.6 is 0 Å². The van der Waals surface area contributed by atoms with Crippen molar-refractivity contribution in [1.29, 1.82) is 0 Å². The van der Waals surface area contributed by atoms with Gasteiger partial charge in [-0.1, -0.05) is 32.0 Å². The summed E-state index contributed by atoms with van der Waals surface area (Å²) in [6, 6.07) is 12.3. The van der Waals surface area contributed by atoms with Crippen LogP contribution in [0.3, 0.4) is 0 Å². The van der Waals surface area contributed by atoms with E-state index in [-0.39, 0.29) is 22.8 Å². The zero-order valence-electron chi connectivity index (χ0n) is 19.0. The summed E-state index contributed by atoms with van der Waals surface area (Å²) < 4.78 is 5.77. The zero-order valence-corrected chi connectivity index (χ0v) is 19.0. The van der Waals surface area contributed by atoms with E-state index < -0.39 is 11.5 Å². The molecule has 0 saturated carbocycles. The molecule has 0 bridgehead atoms. The molecule has 7 nitrogen and oxygen atoms in total. The minimum Gasteiger partial charge on any atom is -0.489 e. The number of ether oxygens (including phenoxy) is 1. The SMILES string of the molecule is CC(NC(=O)c1cc2c([nH]c1=O)CC(C)(C)CC2=O)c1ccc(OCc2cccnc2)cc1. The highest BCUT2D eigenvalue weighted by Gasteiger charge is 2.32. The molecule has 1 aliphatic rings. The lowest BCUT2D eigenvalue weighted by Gasteiger charge is -2.29. The van der Waals surface area contributed by atoms with E-state index in [0.29, 0.717) is 36.5 Å². The van der Waals surface area contributed by atoms with Gasteiger partial charge >= 0.3 is 0 Å². The summed E-state index contributed by atoms with van der Waals surface area (Å²) in [5, 5.41) is 2.85. The molecule has 1 aromatic carbocycles. The van der Waals surface area contributed by atoms with E-state index in [9.17, 15) is 14.4 Å². The van der Waals surface area contributed by atoms with Gasteiger partial charge in [0.2, 0.25) is 0 Å². The molecule has 7 heteroatoms. The first-order chi connectivity index (χ1) is 15.7. The molecule has 0 aliphatic heterocycles. The van der Waals surface area contributed by atoms with Gasteiger partial charge in [0.05, 0.1) is 6.04 Å². The Bertz CT molecular complexity index is 1230. The number of pyridine rings is 2. The van der Waals surface area contributed by atoms with Crippen molar-refractivity contribution in [3.8, 4) is 5.75 Å². The van der Waals surface area contributed by atoms with Crippen molar-refractivity contribution in [1.82, 2.24) is 15.3 Å². The molecule has 0 saturated heterocycles. The minimum atomic E-state index is -0.513. The molecule has 2 N–H and O–H groups in total. The van der Waals surface area contributed by atoms with Crippen molar-refractivity contribution < 1.29 is 14.3 Å². The summed E-state index contributed by atoms with van der Waals surface area (Å²) in [5.41, 5.74) is 2.13. The molecule has 0 fully saturated rings. The number of benzene rings is 1. The average Bonchev–Trinajstić information content (AvgIpc) is 2.77. The van der Waals surface area contributed by atoms with E-state index >= 15 is 0 Å². The van der Waals surface area contributed by atoms with Gasteiger partial charge in [-0.05, 0) is 48.6 Å². The number of aromatic nitrogens is 2. The van der Waals surface area contributed by atoms with Crippen molar-refractivity contribution in [3.05, 3.63) is 93.2 Å². The highest BCUT2D eigenvalue weighted by atomic mass is 16.5. The number of hydrogen-bond donors (Lipinski definition) is 2. The average molecular weight is 446 g/mol. The van der Waals surface area contributed by atoms with E-state index in [1.807, 2.05) is 57.2 Å². The first kappa shape index (κ1) is 22.5. The Morgan fingerprint density at radius 2 is 1.94 bits per heavy atom. The van der Waals surface area contributed by atoms with E-state index in [0.717, 1.165) is 11.1 Å². The number of hydrogen-bond acceptors (Lipinski definition) is 5. The summed E-state index contributed by atoms with van der Waals surface area (Å²) in [6.45, 7) is 6.23. The Labute approximate surface area is 192 Å². The highest BCUT2D eigenvalue weighted by Crippen LogP contribution is 2.33. The molecule has 1 unspecified atom stereocenters. The van der Waals surface area contributed by atoms with Crippen LogP contribution in [0.4, 0.5) is 0 Å². The fourth-order valence-electron chi connectivity index (χ4n) is 4.06. The molecule has 170 valence electrons. The molecule has 1 amide bonds. The monoisotopic (exact) mass is 445 g/mol. The third-order valence-electron chi connectivity index (χ3n) is 5.82. The summed E-state index contributed by atoms with van der Waals surface area (Å²) in [5.74, 6) is 0.135. The molecule has 3 aromatic rings. The normalized spacial score (nSPS) is 15.4. The summed E-state index contributed by atoms with van der Waals surface area (Å²) in [6.07, 6.45) is 4.45. The van der Waals surface area contributed by atoms with Gasteiger partial charge in [0.25, 0.3) is 11.5 Å². The van der Waals surface area contributed by atoms with Gasteiger partial charge in [0, 0.05) is 35.6 Å². The Morgan fingerprint density at radius 1 is 1.18 bits per heavy atom. The number of Topliss-reactive ketones (excluding diaryl/α,β-unsaturated/α-hetero) is 1. The largest absolute Gasteiger partial charge is 0.489 e. The first-order valence-electron chi connectivity index (χ1n) is 10.9. The van der Waals surface area contributed by atoms with Gasteiger partial charge in [0.1, 0.15) is 17.9 Å². The van der Waals surface area contributed by atoms with Gasteiger partial charge in [0.15, 0.2) is 5.78 Å². The van der Waals surface area contributed by atoms with E-state index in [4.69, 9.17) is 4.74 Å². The quantitative estimate of drug-likeness (QED) is 0.597. The number of carbonyl (C=O) groups is 2. The van der Waals surface area contributed by atoms with Gasteiger partial charge in [-0.25, -0.2) is 0 Å². The maximum atomic E-state index is 12.8. The van der Waals surface area contributed by atoms with Crippen molar-refractivity contribution in [3.63, 3.8) is 0 Å². The van der Waals surface area contributed by atoms with Gasteiger partial charge in [-0.15, -0.1) is 0 Å². The van der Waals surface area contributed by atoms with Crippen LogP contribution in [0.1, 0.15) is 70.8 Å². The lowest BCUT2D eigenvalue weighted by molar-refractivity contribution is 0.0910. The number of fused-ring (bicyclic) bond motifs is 1. The molecular formula is C26H27N3O4. The number of nitrogens with zero attached hydrogens (tertiary/aromatic N) is 1. The number of aromatic amines is 1. The van der Waals surface area contributed by atoms with Gasteiger partial charge in [-0.2, -0.15) is 0 Å². The van der Waals surface area contributed by atoms with Crippen molar-refractivity contribution >= 4 is 11.7 Å². The highest BCUT2D eigenvalue weighted by molar-refractivity contribution is 6.02. The fraction of sp³-hybridized carbons (Fsp3) is 0.308. The Kier molecular flexibility index (Phi) is 6.14. The molecular weight excluding hydrogens is 418 g/mol. The van der Waals surface area contributed by atoms with Crippen molar-refractivity contribution in [2.24, 2.45) is 5.41 Å². The van der Waals surface area contributed by atoms with Gasteiger partial charge in [-0.3, -0.25) is 19.4 Å². The number of carbonyl (C=O) groups excluding carboxylic acids is 2. The summed E-state index contributed by atoms with van der Waals surface area (Å²) in [4.78, 5) is 44.7. The number of H-pyrrole nitrogens is 1. The second-order valence-electron chi connectivity index (χ2n) is 9.26. The van der Waals surface area contributed by atoms with E-state index in [1.165, 1.54) is 6.07 Å². The topological polar surface area (TPSA) is 101 Å². The van der Waals surface area contributed by atoms with Crippen LogP contribution in [-0.4, -0.2) is 21.7 Å². The maximum absolute atomic E-state index is 12.8. The molecule has 1 aliphatic carbocycles. The second kappa shape index (κ2) is 9.02. The van der Waals surface area contributed by atoms with Crippen LogP contribution in [0.2, 0.25) is 0 Å². The third-order valence-corrected chi connectivity index (χ3v) is 5.82. The van der Waals surface area contributed by atoms with Crippen LogP contribution in [0.5, 0.6) is 5.75 Å². The maximum Gasteiger partial charge on any atom is 0.261 e. The number of ketones is 1. The van der Waals surface area contributed by atoms with Crippen LogP contribution < -0.4 is 15.6 Å². The van der Waals surface area contributed by atoms with Crippen molar-refractivity contribution in [2.45, 2.75) is 46.3 Å². The van der Waals surface area contributed by atoms with Crippen LogP contribution in [0.25, 0.3) is 0 Å². The second-order valence-corrected chi connectivity index (χ2v) is 9.26. The number of nitrogens with one attached hydrogen (secondary N) is 2. The lowest BCUT2D eigenvalue weighted by Crippen LogP contribution is -2.35. The first-order valence-corrected chi connectivity index (χ1v) is 10.9. The molecule has 0 spiro atoms. The standard InChI is InChI=1S/C26H27N3O4/c1-16(18-6-8-19(9-7-18)33-15-17-5-4-10-27-14-17)28-24(31)21-11-20-22(29-25(21)32)12-26(2,3)13-23(20)30/h4-11,14,16H,12-13,15H2,1-3H3,(H,28,31)(H,29,32). The van der Waals surface area contributed by atoms with Crippen LogP contribution in [-0.2, 0) is 13.0 Å².